The van der Waals surface area contributed by atoms with E-state index < -0.39 is 13.3 Å². The van der Waals surface area contributed by atoms with Gasteiger partial charge in [-0.15, -0.1) is 0 Å². The van der Waals surface area contributed by atoms with E-state index in [9.17, 15) is 0 Å². The zero-order chi connectivity index (χ0) is 20.2. The molecular weight excluding hydrogens is 429 g/mol. The van der Waals surface area contributed by atoms with Gasteiger partial charge >= 0.3 is 180 Å². The summed E-state index contributed by atoms with van der Waals surface area (Å²) in [6.45, 7) is 0.294. The normalized spacial score (nSPS) is 12.9. The molecule has 0 aromatic heterocycles. The van der Waals surface area contributed by atoms with E-state index in [0.717, 1.165) is 17.1 Å². The van der Waals surface area contributed by atoms with Crippen LogP contribution in [-0.2, 0) is 0 Å². The molecule has 3 heteroatoms. The molecule has 1 heterocycles. The summed E-state index contributed by atoms with van der Waals surface area (Å²) in [5.74, 6) is 1.63. The van der Waals surface area contributed by atoms with Crippen molar-refractivity contribution < 1.29 is 9.47 Å². The third-order valence-corrected chi connectivity index (χ3v) is 14.8. The molecule has 1 aliphatic heterocycles. The predicted octanol–water partition coefficient (Wildman–Crippen LogP) is 4.14. The van der Waals surface area contributed by atoms with Crippen LogP contribution in [0.3, 0.4) is 0 Å². The zero-order valence-corrected chi connectivity index (χ0v) is 18.7. The molecule has 4 aromatic carbocycles. The SMILES string of the molecule is C(=[CH]\[Ge]([c]1ccccc1)([c]1ccccc1)[c]1ccccc1)/c1ccc2c(c1)OCO2. The number of rotatable bonds is 5. The van der Waals surface area contributed by atoms with E-state index in [0.29, 0.717) is 6.79 Å². The van der Waals surface area contributed by atoms with Crippen LogP contribution in [0.4, 0.5) is 0 Å². The fraction of sp³-hybridized carbons (Fsp3) is 0.0370. The maximum atomic E-state index is 5.58. The van der Waals surface area contributed by atoms with Gasteiger partial charge in [0.1, 0.15) is 0 Å². The van der Waals surface area contributed by atoms with Gasteiger partial charge in [0.25, 0.3) is 0 Å². The number of fused-ring (bicyclic) bond motifs is 1. The van der Waals surface area contributed by atoms with Crippen molar-refractivity contribution in [3.63, 3.8) is 0 Å². The molecule has 0 spiro atoms. The third-order valence-electron chi connectivity index (χ3n) is 5.61. The Balaban J connectivity index is 1.71. The second-order valence-corrected chi connectivity index (χ2v) is 15.1. The second kappa shape index (κ2) is 8.25. The first-order valence-corrected chi connectivity index (χ1v) is 14.5. The van der Waals surface area contributed by atoms with Gasteiger partial charge in [0.05, 0.1) is 0 Å². The van der Waals surface area contributed by atoms with Crippen LogP contribution in [-0.4, -0.2) is 20.1 Å². The van der Waals surface area contributed by atoms with Gasteiger partial charge in [-0.25, -0.2) is 0 Å². The molecule has 4 aromatic rings. The Morgan fingerprint density at radius 1 is 0.567 bits per heavy atom. The summed E-state index contributed by atoms with van der Waals surface area (Å²) >= 11 is -3.07. The van der Waals surface area contributed by atoms with E-state index >= 15 is 0 Å². The van der Waals surface area contributed by atoms with Crippen molar-refractivity contribution in [2.75, 3.05) is 6.79 Å². The van der Waals surface area contributed by atoms with Crippen molar-refractivity contribution >= 4 is 32.5 Å². The molecule has 0 atom stereocenters. The van der Waals surface area contributed by atoms with Crippen molar-refractivity contribution in [2.24, 2.45) is 0 Å². The van der Waals surface area contributed by atoms with Crippen LogP contribution >= 0.6 is 0 Å². The molecule has 0 fully saturated rings. The van der Waals surface area contributed by atoms with Crippen LogP contribution in [0, 0.1) is 0 Å². The molecule has 0 N–H and O–H groups in total. The van der Waals surface area contributed by atoms with Gasteiger partial charge in [-0.1, -0.05) is 0 Å². The molecule has 0 bridgehead atoms. The van der Waals surface area contributed by atoms with Gasteiger partial charge in [0, 0.05) is 0 Å². The quantitative estimate of drug-likeness (QED) is 0.425. The molecule has 0 unspecified atom stereocenters. The Bertz CT molecular complexity index is 1060. The van der Waals surface area contributed by atoms with Crippen LogP contribution < -0.4 is 22.7 Å². The third kappa shape index (κ3) is 3.44. The van der Waals surface area contributed by atoms with Gasteiger partial charge in [-0.05, 0) is 0 Å². The number of hydrogen-bond acceptors (Lipinski definition) is 2. The average molecular weight is 451 g/mol. The van der Waals surface area contributed by atoms with Gasteiger partial charge in [-0.3, -0.25) is 0 Å². The molecule has 2 nitrogen and oxygen atoms in total. The molecular formula is C27H22GeO2. The zero-order valence-electron chi connectivity index (χ0n) is 16.6. The van der Waals surface area contributed by atoms with Crippen molar-refractivity contribution in [1.82, 2.24) is 0 Å². The van der Waals surface area contributed by atoms with Crippen molar-refractivity contribution in [3.05, 3.63) is 120 Å². The Morgan fingerprint density at radius 2 is 1.07 bits per heavy atom. The van der Waals surface area contributed by atoms with Crippen molar-refractivity contribution in [1.29, 1.82) is 0 Å². The Hall–Kier alpha value is -3.24. The Morgan fingerprint density at radius 3 is 1.60 bits per heavy atom. The van der Waals surface area contributed by atoms with Gasteiger partial charge in [0.15, 0.2) is 0 Å². The van der Waals surface area contributed by atoms with Gasteiger partial charge in [0.2, 0.25) is 0 Å². The summed E-state index contributed by atoms with van der Waals surface area (Å²) in [6, 6.07) is 39.0. The summed E-state index contributed by atoms with van der Waals surface area (Å²) < 4.78 is 15.3. The topological polar surface area (TPSA) is 18.5 Å². The summed E-state index contributed by atoms with van der Waals surface area (Å²) in [6.07, 6.45) is 2.26. The standard InChI is InChI=1S/C27H22GeO2/c1-4-10-23(11-5-1)28(24-12-6-2-7-13-24,25-14-8-3-9-15-25)19-18-22-16-17-26-27(20-22)30-21-29-26/h1-20H,21H2/b19-18+. The van der Waals surface area contributed by atoms with E-state index in [2.05, 4.69) is 114 Å². The predicted molar refractivity (Wildman–Crippen MR) is 126 cm³/mol. The second-order valence-electron chi connectivity index (χ2n) is 7.35. The van der Waals surface area contributed by atoms with Crippen molar-refractivity contribution in [3.8, 4) is 11.5 Å². The fourth-order valence-corrected chi connectivity index (χ4v) is 12.9. The molecule has 0 saturated carbocycles. The van der Waals surface area contributed by atoms with Gasteiger partial charge in [-0.2, -0.15) is 0 Å². The first-order valence-electron chi connectivity index (χ1n) is 10.1. The molecule has 0 aliphatic carbocycles. The first kappa shape index (κ1) is 18.8. The van der Waals surface area contributed by atoms with E-state index in [4.69, 9.17) is 9.47 Å². The van der Waals surface area contributed by atoms with Crippen LogP contribution in [0.25, 0.3) is 6.08 Å². The number of ether oxygens (including phenoxy) is 2. The van der Waals surface area contributed by atoms with E-state index in [1.165, 1.54) is 13.2 Å². The fourth-order valence-electron chi connectivity index (χ4n) is 4.13. The maximum absolute atomic E-state index is 5.58. The molecule has 0 radical (unpaired) electrons. The summed E-state index contributed by atoms with van der Waals surface area (Å²) in [4.78, 5) is 2.48. The summed E-state index contributed by atoms with van der Waals surface area (Å²) in [5, 5.41) is 0. The first-order chi connectivity index (χ1) is 14.9. The monoisotopic (exact) mass is 452 g/mol. The van der Waals surface area contributed by atoms with Crippen LogP contribution in [0.1, 0.15) is 5.56 Å². The van der Waals surface area contributed by atoms with Crippen molar-refractivity contribution in [2.45, 2.75) is 0 Å². The molecule has 5 rings (SSSR count). The van der Waals surface area contributed by atoms with E-state index in [-0.39, 0.29) is 0 Å². The molecule has 1 aliphatic rings. The molecule has 30 heavy (non-hydrogen) atoms. The molecule has 0 amide bonds. The summed E-state index contributed by atoms with van der Waals surface area (Å²) in [7, 11) is 0. The number of benzene rings is 4. The van der Waals surface area contributed by atoms with E-state index in [1.54, 1.807) is 0 Å². The Labute approximate surface area is 179 Å². The Kier molecular flexibility index (Phi) is 5.16. The molecule has 146 valence electrons. The molecule has 0 saturated heterocycles. The van der Waals surface area contributed by atoms with Crippen LogP contribution in [0.15, 0.2) is 114 Å². The summed E-state index contributed by atoms with van der Waals surface area (Å²) in [5.41, 5.74) is 1.12. The van der Waals surface area contributed by atoms with E-state index in [1.807, 2.05) is 6.07 Å². The van der Waals surface area contributed by atoms with Gasteiger partial charge < -0.3 is 0 Å². The number of hydrogen-bond donors (Lipinski definition) is 0. The average Bonchev–Trinajstić information content (AvgIpc) is 3.30. The minimum atomic E-state index is -3.07. The van der Waals surface area contributed by atoms with Crippen LogP contribution in [0.5, 0.6) is 11.5 Å². The van der Waals surface area contributed by atoms with Crippen LogP contribution in [0.2, 0.25) is 0 Å². The minimum absolute atomic E-state index is 0.294.